The van der Waals surface area contributed by atoms with E-state index in [4.69, 9.17) is 14.5 Å². The summed E-state index contributed by atoms with van der Waals surface area (Å²) < 4.78 is 26.2. The smallest absolute Gasteiger partial charge is 0.337 e. The molecule has 0 spiro atoms. The molecule has 0 aromatic carbocycles. The van der Waals surface area contributed by atoms with Crippen LogP contribution in [0.3, 0.4) is 0 Å². The highest BCUT2D eigenvalue weighted by molar-refractivity contribution is 7.73. The fraction of sp³-hybridized carbons (Fsp3) is 0.600. The quantitative estimate of drug-likeness (QED) is 0.675. The molecule has 0 aromatic heterocycles. The van der Waals surface area contributed by atoms with Crippen molar-refractivity contribution in [3.8, 4) is 0 Å². The SMILES string of the molecule is C=C([P+](=O)COCC)P(=O)(O)O. The average molecular weight is 213 g/mol. The third kappa shape index (κ3) is 4.10. The third-order valence-corrected chi connectivity index (χ3v) is 4.15. The first-order chi connectivity index (χ1) is 5.39. The lowest BCUT2D eigenvalue weighted by atomic mass is 10.9. The molecule has 0 aliphatic heterocycles. The third-order valence-electron chi connectivity index (χ3n) is 1.04. The Kier molecular flexibility index (Phi) is 4.83. The first kappa shape index (κ1) is 11.9. The van der Waals surface area contributed by atoms with Gasteiger partial charge in [-0.15, -0.1) is 0 Å². The minimum Gasteiger partial charge on any atom is -0.337 e. The van der Waals surface area contributed by atoms with Gasteiger partial charge in [-0.3, -0.25) is 4.57 Å². The van der Waals surface area contributed by atoms with Gasteiger partial charge < -0.3 is 14.5 Å². The van der Waals surface area contributed by atoms with E-state index in [0.717, 1.165) is 0 Å². The monoisotopic (exact) mass is 213 g/mol. The molecular weight excluding hydrogens is 202 g/mol. The molecule has 12 heavy (non-hydrogen) atoms. The van der Waals surface area contributed by atoms with Gasteiger partial charge in [0.15, 0.2) is 0 Å². The normalized spacial score (nSPS) is 12.8. The second-order valence-corrected chi connectivity index (χ2v) is 5.50. The highest BCUT2D eigenvalue weighted by Gasteiger charge is 2.36. The summed E-state index contributed by atoms with van der Waals surface area (Å²) in [4.78, 5) is 17.1. The molecule has 1 atom stereocenters. The van der Waals surface area contributed by atoms with E-state index >= 15 is 0 Å². The van der Waals surface area contributed by atoms with E-state index in [0.29, 0.717) is 6.61 Å². The van der Waals surface area contributed by atoms with Gasteiger partial charge in [-0.05, 0) is 13.5 Å². The van der Waals surface area contributed by atoms with Gasteiger partial charge in [0.2, 0.25) is 0 Å². The van der Waals surface area contributed by atoms with Crippen LogP contribution < -0.4 is 0 Å². The van der Waals surface area contributed by atoms with Gasteiger partial charge in [0.1, 0.15) is 0 Å². The van der Waals surface area contributed by atoms with Crippen LogP contribution in [0.2, 0.25) is 0 Å². The zero-order valence-corrected chi connectivity index (χ0v) is 8.42. The molecule has 0 saturated carbocycles. The molecule has 0 radical (unpaired) electrons. The molecule has 0 rings (SSSR count). The predicted octanol–water partition coefficient (Wildman–Crippen LogP) is 1.46. The Morgan fingerprint density at radius 1 is 1.67 bits per heavy atom. The second-order valence-electron chi connectivity index (χ2n) is 1.96. The van der Waals surface area contributed by atoms with Gasteiger partial charge in [0, 0.05) is 6.61 Å². The van der Waals surface area contributed by atoms with Crippen molar-refractivity contribution in [2.24, 2.45) is 0 Å². The summed E-state index contributed by atoms with van der Waals surface area (Å²) in [7, 11) is -6.58. The van der Waals surface area contributed by atoms with E-state index in [9.17, 15) is 9.13 Å². The van der Waals surface area contributed by atoms with Crippen molar-refractivity contribution in [2.75, 3.05) is 13.0 Å². The van der Waals surface area contributed by atoms with Gasteiger partial charge in [-0.25, -0.2) is 0 Å². The summed E-state index contributed by atoms with van der Waals surface area (Å²) in [6.45, 7) is 5.11. The van der Waals surface area contributed by atoms with Crippen molar-refractivity contribution in [1.82, 2.24) is 0 Å². The minimum absolute atomic E-state index is 0.185. The summed E-state index contributed by atoms with van der Waals surface area (Å²) in [6, 6.07) is 0. The van der Waals surface area contributed by atoms with E-state index < -0.39 is 20.5 Å². The van der Waals surface area contributed by atoms with E-state index in [-0.39, 0.29) is 6.35 Å². The Morgan fingerprint density at radius 3 is 2.50 bits per heavy atom. The lowest BCUT2D eigenvalue weighted by Crippen LogP contribution is -1.89. The molecule has 0 heterocycles. The molecule has 2 N–H and O–H groups in total. The fourth-order valence-electron chi connectivity index (χ4n) is 0.394. The Morgan fingerprint density at radius 2 is 2.17 bits per heavy atom. The van der Waals surface area contributed by atoms with Crippen LogP contribution in [0, 0.1) is 0 Å². The molecule has 0 bridgehead atoms. The lowest BCUT2D eigenvalue weighted by molar-refractivity contribution is 0.194. The molecule has 0 fully saturated rings. The Hall–Kier alpha value is -0.0500. The van der Waals surface area contributed by atoms with Gasteiger partial charge in [-0.2, -0.15) is 0 Å². The number of rotatable bonds is 5. The molecule has 0 amide bonds. The van der Waals surface area contributed by atoms with E-state index in [2.05, 4.69) is 6.58 Å². The van der Waals surface area contributed by atoms with Crippen molar-refractivity contribution in [3.63, 3.8) is 0 Å². The maximum Gasteiger partial charge on any atom is 0.413 e. The van der Waals surface area contributed by atoms with Crippen molar-refractivity contribution in [3.05, 3.63) is 11.6 Å². The topological polar surface area (TPSA) is 83.8 Å². The van der Waals surface area contributed by atoms with Crippen LogP contribution in [0.1, 0.15) is 6.92 Å². The van der Waals surface area contributed by atoms with Gasteiger partial charge in [0.05, 0.1) is 0 Å². The first-order valence-corrected chi connectivity index (χ1v) is 6.22. The van der Waals surface area contributed by atoms with Crippen LogP contribution in [0.25, 0.3) is 0 Å². The maximum atomic E-state index is 11.0. The van der Waals surface area contributed by atoms with Crippen LogP contribution in [0.5, 0.6) is 0 Å². The van der Waals surface area contributed by atoms with Gasteiger partial charge in [0.25, 0.3) is 11.4 Å². The van der Waals surface area contributed by atoms with Crippen molar-refractivity contribution in [2.45, 2.75) is 6.92 Å². The minimum atomic E-state index is -4.41. The van der Waals surface area contributed by atoms with Crippen LogP contribution >= 0.6 is 15.4 Å². The zero-order chi connectivity index (χ0) is 9.78. The Bertz CT molecular complexity index is 230. The fourth-order valence-corrected chi connectivity index (χ4v) is 2.23. The molecule has 1 unspecified atom stereocenters. The second kappa shape index (κ2) is 4.85. The average Bonchev–Trinajstić information content (AvgIpc) is 1.97. The first-order valence-electron chi connectivity index (χ1n) is 3.17. The number of hydrogen-bond acceptors (Lipinski definition) is 3. The molecule has 70 valence electrons. The van der Waals surface area contributed by atoms with Crippen LogP contribution in [0.15, 0.2) is 11.6 Å². The molecule has 7 heteroatoms. The highest BCUT2D eigenvalue weighted by atomic mass is 31.2. The van der Waals surface area contributed by atoms with Crippen molar-refractivity contribution < 1.29 is 23.7 Å². The van der Waals surface area contributed by atoms with Crippen LogP contribution in [-0.2, 0) is 13.9 Å². The molecule has 0 saturated heterocycles. The summed E-state index contributed by atoms with van der Waals surface area (Å²) in [6.07, 6.45) is -0.185. The standard InChI is InChI=1S/C5H10O5P2/c1-3-10-4-11(6)5(2)12(7,8)9/h2-4H2,1H3,(H-,7,8,9)/p+1. The summed E-state index contributed by atoms with van der Waals surface area (Å²) in [5.41, 5.74) is 0. The molecule has 0 aromatic rings. The van der Waals surface area contributed by atoms with Crippen LogP contribution in [-0.4, -0.2) is 22.7 Å². The predicted molar refractivity (Wildman–Crippen MR) is 45.3 cm³/mol. The Labute approximate surface area is 71.4 Å². The van der Waals surface area contributed by atoms with Crippen molar-refractivity contribution in [1.29, 1.82) is 0 Å². The molecule has 0 aliphatic rings. The lowest BCUT2D eigenvalue weighted by Gasteiger charge is -1.96. The highest BCUT2D eigenvalue weighted by Crippen LogP contribution is 2.56. The van der Waals surface area contributed by atoms with E-state index in [1.807, 2.05) is 0 Å². The number of hydrogen-bond donors (Lipinski definition) is 2. The molecular formula is C5H11O5P2+. The van der Waals surface area contributed by atoms with E-state index in [1.54, 1.807) is 6.92 Å². The molecule has 5 nitrogen and oxygen atoms in total. The summed E-state index contributed by atoms with van der Waals surface area (Å²) in [5.74, 6) is 0. The van der Waals surface area contributed by atoms with Gasteiger partial charge >= 0.3 is 15.4 Å². The zero-order valence-electron chi connectivity index (χ0n) is 6.63. The largest absolute Gasteiger partial charge is 0.413 e. The van der Waals surface area contributed by atoms with E-state index in [1.165, 1.54) is 0 Å². The summed E-state index contributed by atoms with van der Waals surface area (Å²) in [5, 5.41) is -0.550. The molecule has 0 aliphatic carbocycles. The maximum absolute atomic E-state index is 11.0. The van der Waals surface area contributed by atoms with Crippen LogP contribution in [0.4, 0.5) is 0 Å². The Balaban J connectivity index is 4.13. The number of ether oxygens (including phenoxy) is 1. The van der Waals surface area contributed by atoms with Crippen molar-refractivity contribution >= 4 is 15.4 Å². The summed E-state index contributed by atoms with van der Waals surface area (Å²) >= 11 is 0. The van der Waals surface area contributed by atoms with Gasteiger partial charge in [-0.1, -0.05) is 4.57 Å².